The molecule has 176 valence electrons. The van der Waals surface area contributed by atoms with Gasteiger partial charge in [0.05, 0.1) is 5.29 Å². The van der Waals surface area contributed by atoms with Crippen LogP contribution in [0.3, 0.4) is 0 Å². The molecular formula is C34H23O2P. The number of rotatable bonds is 3. The van der Waals surface area contributed by atoms with Gasteiger partial charge < -0.3 is 4.74 Å². The largest absolute Gasteiger partial charge is 0.422 e. The summed E-state index contributed by atoms with van der Waals surface area (Å²) < 4.78 is 6.26. The van der Waals surface area contributed by atoms with Crippen LogP contribution in [-0.4, -0.2) is 11.3 Å². The standard InChI is InChI=1S/C34H23O2P/c35-34-33(31-29-22-12-10-20-27(29)28-21-11-13-23-30(28)32(31)36-34)37(24-14-4-1-5-15-24,25-16-6-2-7-17-25)26-18-8-3-9-19-26/h1-23H. The molecule has 7 rings (SSSR count). The van der Waals surface area contributed by atoms with E-state index in [1.54, 1.807) is 0 Å². The Morgan fingerprint density at radius 3 is 1.30 bits per heavy atom. The number of ether oxygens (including phenoxy) is 1. The molecule has 1 aliphatic rings. The van der Waals surface area contributed by atoms with E-state index in [4.69, 9.17) is 4.74 Å². The van der Waals surface area contributed by atoms with Gasteiger partial charge in [-0.15, -0.1) is 0 Å². The number of carbonyl (C=O) groups is 1. The third kappa shape index (κ3) is 3.16. The van der Waals surface area contributed by atoms with Crippen LogP contribution in [0, 0.1) is 0 Å². The second-order valence-electron chi connectivity index (χ2n) is 9.21. The van der Waals surface area contributed by atoms with Gasteiger partial charge in [-0.1, -0.05) is 140 Å². The minimum Gasteiger partial charge on any atom is -0.422 e. The van der Waals surface area contributed by atoms with Crippen molar-refractivity contribution in [3.8, 4) is 5.75 Å². The van der Waals surface area contributed by atoms with E-state index < -0.39 is 6.89 Å². The number of hydrogen-bond acceptors (Lipinski definition) is 2. The molecule has 1 heterocycles. The molecule has 0 radical (unpaired) electrons. The van der Waals surface area contributed by atoms with Gasteiger partial charge in [-0.25, -0.2) is 4.79 Å². The van der Waals surface area contributed by atoms with Crippen LogP contribution >= 0.6 is 6.89 Å². The van der Waals surface area contributed by atoms with Crippen molar-refractivity contribution in [1.29, 1.82) is 0 Å². The Hall–Kier alpha value is -4.39. The highest BCUT2D eigenvalue weighted by atomic mass is 31.2. The van der Waals surface area contributed by atoms with E-state index in [2.05, 4.69) is 103 Å². The van der Waals surface area contributed by atoms with Crippen LogP contribution in [0.4, 0.5) is 0 Å². The summed E-state index contributed by atoms with van der Waals surface area (Å²) in [6, 6.07) is 48.1. The highest BCUT2D eigenvalue weighted by Crippen LogP contribution is 2.53. The van der Waals surface area contributed by atoms with E-state index >= 15 is 0 Å². The number of esters is 1. The van der Waals surface area contributed by atoms with Crippen molar-refractivity contribution >= 4 is 55.6 Å². The Labute approximate surface area is 215 Å². The average molecular weight is 495 g/mol. The first-order valence-electron chi connectivity index (χ1n) is 12.4. The average Bonchev–Trinajstić information content (AvgIpc) is 3.33. The summed E-state index contributed by atoms with van der Waals surface area (Å²) in [6.07, 6.45) is 0. The molecule has 0 bridgehead atoms. The van der Waals surface area contributed by atoms with Crippen LogP contribution < -0.4 is 20.7 Å². The Morgan fingerprint density at radius 2 is 0.811 bits per heavy atom. The molecular weight excluding hydrogens is 471 g/mol. The zero-order valence-electron chi connectivity index (χ0n) is 20.0. The molecule has 37 heavy (non-hydrogen) atoms. The van der Waals surface area contributed by atoms with E-state index in [0.29, 0.717) is 5.75 Å². The summed E-state index contributed by atoms with van der Waals surface area (Å²) >= 11 is 0. The molecule has 0 fully saturated rings. The lowest BCUT2D eigenvalue weighted by Crippen LogP contribution is -2.33. The molecule has 0 saturated carbocycles. The van der Waals surface area contributed by atoms with Gasteiger partial charge in [0.15, 0.2) is 0 Å². The Kier molecular flexibility index (Phi) is 5.09. The third-order valence-corrected chi connectivity index (χ3v) is 11.6. The van der Waals surface area contributed by atoms with Crippen molar-refractivity contribution in [3.63, 3.8) is 0 Å². The molecule has 0 unspecified atom stereocenters. The number of fused-ring (bicyclic) bond motifs is 6. The number of carbonyl (C=O) groups excluding carboxylic acids is 1. The second-order valence-corrected chi connectivity index (χ2v) is 12.5. The third-order valence-electron chi connectivity index (χ3n) is 7.28. The minimum absolute atomic E-state index is 0.263. The lowest BCUT2D eigenvalue weighted by Gasteiger charge is -2.30. The first kappa shape index (κ1) is 21.9. The molecule has 2 nitrogen and oxygen atoms in total. The highest BCUT2D eigenvalue weighted by molar-refractivity contribution is 7.96. The van der Waals surface area contributed by atoms with Crippen LogP contribution in [0.5, 0.6) is 5.75 Å². The summed E-state index contributed by atoms with van der Waals surface area (Å²) in [4.78, 5) is 14.3. The van der Waals surface area contributed by atoms with Crippen molar-refractivity contribution < 1.29 is 9.53 Å². The predicted octanol–water partition coefficient (Wildman–Crippen LogP) is 6.43. The second kappa shape index (κ2) is 8.62. The van der Waals surface area contributed by atoms with Crippen molar-refractivity contribution in [3.05, 3.63) is 145 Å². The maximum absolute atomic E-state index is 14.3. The molecule has 0 aromatic heterocycles. The van der Waals surface area contributed by atoms with Gasteiger partial charge in [-0.05, 0) is 39.0 Å². The molecule has 0 N–H and O–H groups in total. The first-order valence-corrected chi connectivity index (χ1v) is 14.2. The molecule has 1 aliphatic heterocycles. The quantitative estimate of drug-likeness (QED) is 0.123. The van der Waals surface area contributed by atoms with Crippen molar-refractivity contribution in [2.24, 2.45) is 0 Å². The van der Waals surface area contributed by atoms with Crippen molar-refractivity contribution in [2.75, 3.05) is 0 Å². The first-order chi connectivity index (χ1) is 18.3. The van der Waals surface area contributed by atoms with Crippen LogP contribution in [0.25, 0.3) is 21.5 Å². The number of hydrogen-bond donors (Lipinski definition) is 0. The van der Waals surface area contributed by atoms with Gasteiger partial charge in [0.1, 0.15) is 5.75 Å². The lowest BCUT2D eigenvalue weighted by atomic mass is 9.95. The van der Waals surface area contributed by atoms with Crippen LogP contribution in [0.2, 0.25) is 0 Å². The van der Waals surface area contributed by atoms with E-state index in [9.17, 15) is 4.79 Å². The fourth-order valence-corrected chi connectivity index (χ4v) is 10.2. The van der Waals surface area contributed by atoms with Crippen molar-refractivity contribution in [1.82, 2.24) is 0 Å². The molecule has 3 heteroatoms. The summed E-state index contributed by atoms with van der Waals surface area (Å²) in [5.74, 6) is 0.405. The predicted molar refractivity (Wildman–Crippen MR) is 156 cm³/mol. The van der Waals surface area contributed by atoms with E-state index in [1.165, 1.54) is 0 Å². The van der Waals surface area contributed by atoms with E-state index in [0.717, 1.165) is 48.3 Å². The maximum atomic E-state index is 14.3. The Bertz CT molecular complexity index is 1750. The highest BCUT2D eigenvalue weighted by Gasteiger charge is 2.41. The Balaban J connectivity index is 1.80. The van der Waals surface area contributed by atoms with Gasteiger partial charge in [-0.3, -0.25) is 0 Å². The normalized spacial score (nSPS) is 13.1. The van der Waals surface area contributed by atoms with Crippen molar-refractivity contribution in [2.45, 2.75) is 0 Å². The molecule has 0 saturated heterocycles. The van der Waals surface area contributed by atoms with Gasteiger partial charge >= 0.3 is 5.97 Å². The van der Waals surface area contributed by atoms with Crippen LogP contribution in [0.15, 0.2) is 140 Å². The molecule has 0 aliphatic carbocycles. The summed E-state index contributed by atoms with van der Waals surface area (Å²) in [5, 5.41) is 8.37. The van der Waals surface area contributed by atoms with E-state index in [-0.39, 0.29) is 5.97 Å². The van der Waals surface area contributed by atoms with Gasteiger partial charge in [0.2, 0.25) is 0 Å². The molecule has 0 spiro atoms. The van der Waals surface area contributed by atoms with Crippen LogP contribution in [-0.2, 0) is 4.79 Å². The Morgan fingerprint density at radius 1 is 0.432 bits per heavy atom. The zero-order valence-corrected chi connectivity index (χ0v) is 20.9. The van der Waals surface area contributed by atoms with Gasteiger partial charge in [-0.2, -0.15) is 0 Å². The molecule has 6 aromatic rings. The topological polar surface area (TPSA) is 26.3 Å². The van der Waals surface area contributed by atoms with Gasteiger partial charge in [0.25, 0.3) is 0 Å². The van der Waals surface area contributed by atoms with E-state index in [1.807, 2.05) is 36.4 Å². The monoisotopic (exact) mass is 494 g/mol. The molecule has 0 atom stereocenters. The summed E-state index contributed by atoms with van der Waals surface area (Å²) in [6.45, 7) is -2.63. The smallest absolute Gasteiger partial charge is 0.345 e. The maximum Gasteiger partial charge on any atom is 0.345 e. The minimum atomic E-state index is -2.63. The molecule has 6 aromatic carbocycles. The zero-order chi connectivity index (χ0) is 24.8. The SMILES string of the molecule is O=C1Oc2c(c3ccccc3c3ccccc23)C1=P(c1ccccc1)(c1ccccc1)c1ccccc1. The summed E-state index contributed by atoms with van der Waals surface area (Å²) in [7, 11) is 0. The molecule has 0 amide bonds. The van der Waals surface area contributed by atoms with Gasteiger partial charge in [0, 0.05) is 10.9 Å². The van der Waals surface area contributed by atoms with Crippen LogP contribution in [0.1, 0.15) is 5.56 Å². The number of benzene rings is 6. The fraction of sp³-hybridized carbons (Fsp3) is 0. The summed E-state index contributed by atoms with van der Waals surface area (Å²) in [5.41, 5.74) is 0.921. The lowest BCUT2D eigenvalue weighted by molar-refractivity contribution is -0.125. The fourth-order valence-electron chi connectivity index (χ4n) is 5.79.